The van der Waals surface area contributed by atoms with Crippen molar-refractivity contribution in [3.8, 4) is 0 Å². The van der Waals surface area contributed by atoms with Crippen LogP contribution in [0.25, 0.3) is 0 Å². The molecule has 1 aliphatic carbocycles. The Labute approximate surface area is 159 Å². The van der Waals surface area contributed by atoms with Gasteiger partial charge in [0.2, 0.25) is 0 Å². The first-order valence-electron chi connectivity index (χ1n) is 9.85. The van der Waals surface area contributed by atoms with E-state index in [2.05, 4.69) is 81.4 Å². The second-order valence-corrected chi connectivity index (χ2v) is 12.9. The van der Waals surface area contributed by atoms with Gasteiger partial charge in [-0.1, -0.05) is 81.4 Å². The highest BCUT2D eigenvalue weighted by Gasteiger charge is 2.50. The Morgan fingerprint density at radius 1 is 0.923 bits per heavy atom. The Balaban J connectivity index is 1.85. The second-order valence-electron chi connectivity index (χ2n) is 8.59. The van der Waals surface area contributed by atoms with Crippen LogP contribution >= 0.6 is 0 Å². The van der Waals surface area contributed by atoms with E-state index in [-0.39, 0.29) is 5.04 Å². The normalized spacial score (nSPS) is 20.2. The SMILES string of the molecule is CC(C)(C)[Si](OCCC[C@H]1C[C@@H]1CO)(c1ccccc1)c1ccccc1. The van der Waals surface area contributed by atoms with Crippen molar-refractivity contribution in [3.63, 3.8) is 0 Å². The maximum Gasteiger partial charge on any atom is 0.261 e. The molecule has 0 unspecified atom stereocenters. The molecule has 0 bridgehead atoms. The smallest absolute Gasteiger partial charge is 0.261 e. The van der Waals surface area contributed by atoms with Crippen LogP contribution in [0.15, 0.2) is 60.7 Å². The standard InChI is InChI=1S/C23H32O2Si/c1-23(2,3)26(21-12-6-4-7-13-21,22-14-8-5-9-15-22)25-16-10-11-19-17-20(19)18-24/h4-9,12-15,19-20,24H,10-11,16-18H2,1-3H3/t19-,20+/m0/s1. The summed E-state index contributed by atoms with van der Waals surface area (Å²) < 4.78 is 6.89. The van der Waals surface area contributed by atoms with Gasteiger partial charge < -0.3 is 9.53 Å². The summed E-state index contributed by atoms with van der Waals surface area (Å²) in [6, 6.07) is 21.7. The summed E-state index contributed by atoms with van der Waals surface area (Å²) in [6.07, 6.45) is 3.44. The molecule has 3 heteroatoms. The fraction of sp³-hybridized carbons (Fsp3) is 0.478. The number of hydrogen-bond donors (Lipinski definition) is 1. The Hall–Kier alpha value is -1.42. The summed E-state index contributed by atoms with van der Waals surface area (Å²) in [6.45, 7) is 8.11. The molecule has 1 N–H and O–H groups in total. The summed E-state index contributed by atoms with van der Waals surface area (Å²) in [5.41, 5.74) is 0. The maximum atomic E-state index is 9.24. The highest BCUT2D eigenvalue weighted by atomic mass is 28.4. The van der Waals surface area contributed by atoms with Crippen LogP contribution in [0.3, 0.4) is 0 Å². The average Bonchev–Trinajstić information content (AvgIpc) is 3.41. The number of rotatable bonds is 8. The van der Waals surface area contributed by atoms with Gasteiger partial charge >= 0.3 is 0 Å². The molecule has 26 heavy (non-hydrogen) atoms. The van der Waals surface area contributed by atoms with Crippen LogP contribution in [0.4, 0.5) is 0 Å². The van der Waals surface area contributed by atoms with Gasteiger partial charge in [-0.3, -0.25) is 0 Å². The van der Waals surface area contributed by atoms with Gasteiger partial charge in [-0.05, 0) is 46.5 Å². The van der Waals surface area contributed by atoms with Crippen molar-refractivity contribution in [2.24, 2.45) is 11.8 Å². The Morgan fingerprint density at radius 2 is 1.46 bits per heavy atom. The summed E-state index contributed by atoms with van der Waals surface area (Å²) in [4.78, 5) is 0. The molecular weight excluding hydrogens is 336 g/mol. The van der Waals surface area contributed by atoms with E-state index >= 15 is 0 Å². The zero-order valence-electron chi connectivity index (χ0n) is 16.3. The van der Waals surface area contributed by atoms with Crippen molar-refractivity contribution < 1.29 is 9.53 Å². The highest BCUT2D eigenvalue weighted by molar-refractivity contribution is 6.99. The third-order valence-electron chi connectivity index (χ3n) is 5.76. The van der Waals surface area contributed by atoms with E-state index in [4.69, 9.17) is 4.43 Å². The van der Waals surface area contributed by atoms with Gasteiger partial charge in [-0.15, -0.1) is 0 Å². The Kier molecular flexibility index (Phi) is 6.01. The Morgan fingerprint density at radius 3 is 1.88 bits per heavy atom. The van der Waals surface area contributed by atoms with Gasteiger partial charge in [-0.25, -0.2) is 0 Å². The van der Waals surface area contributed by atoms with Crippen LogP contribution in [-0.2, 0) is 4.43 Å². The molecule has 2 aromatic rings. The van der Waals surface area contributed by atoms with E-state index in [0.29, 0.717) is 18.4 Å². The molecule has 0 amide bonds. The van der Waals surface area contributed by atoms with E-state index in [0.717, 1.165) is 13.0 Å². The summed E-state index contributed by atoms with van der Waals surface area (Å²) in [7, 11) is -2.38. The summed E-state index contributed by atoms with van der Waals surface area (Å²) >= 11 is 0. The number of aliphatic hydroxyl groups is 1. The second kappa shape index (κ2) is 8.08. The first-order valence-corrected chi connectivity index (χ1v) is 11.8. The fourth-order valence-corrected chi connectivity index (χ4v) is 8.83. The quantitative estimate of drug-likeness (QED) is 0.564. The molecule has 1 aliphatic rings. The van der Waals surface area contributed by atoms with Crippen molar-refractivity contribution in [2.75, 3.05) is 13.2 Å². The lowest BCUT2D eigenvalue weighted by molar-refractivity contribution is 0.259. The van der Waals surface area contributed by atoms with Gasteiger partial charge in [0.15, 0.2) is 0 Å². The minimum atomic E-state index is -2.38. The third-order valence-corrected chi connectivity index (χ3v) is 10.8. The van der Waals surface area contributed by atoms with E-state index in [1.54, 1.807) is 0 Å². The molecule has 140 valence electrons. The van der Waals surface area contributed by atoms with E-state index in [1.807, 2.05) is 0 Å². The highest BCUT2D eigenvalue weighted by Crippen LogP contribution is 2.42. The van der Waals surface area contributed by atoms with Crippen LogP contribution in [0.1, 0.15) is 40.0 Å². The topological polar surface area (TPSA) is 29.5 Å². The minimum absolute atomic E-state index is 0.0446. The third kappa shape index (κ3) is 3.95. The van der Waals surface area contributed by atoms with E-state index in [1.165, 1.54) is 23.2 Å². The predicted octanol–water partition coefficient (Wildman–Crippen LogP) is 3.97. The molecule has 0 aromatic heterocycles. The monoisotopic (exact) mass is 368 g/mol. The van der Waals surface area contributed by atoms with Crippen LogP contribution in [0.5, 0.6) is 0 Å². The molecule has 2 nitrogen and oxygen atoms in total. The fourth-order valence-electron chi connectivity index (χ4n) is 4.22. The molecule has 1 fully saturated rings. The van der Waals surface area contributed by atoms with Crippen molar-refractivity contribution in [2.45, 2.75) is 45.1 Å². The van der Waals surface area contributed by atoms with Crippen molar-refractivity contribution in [1.82, 2.24) is 0 Å². The predicted molar refractivity (Wildman–Crippen MR) is 111 cm³/mol. The Bertz CT molecular complexity index is 639. The molecule has 0 aliphatic heterocycles. The van der Waals surface area contributed by atoms with Gasteiger partial charge in [-0.2, -0.15) is 0 Å². The van der Waals surface area contributed by atoms with Crippen molar-refractivity contribution >= 4 is 18.7 Å². The van der Waals surface area contributed by atoms with Gasteiger partial charge in [0.05, 0.1) is 0 Å². The van der Waals surface area contributed by atoms with Gasteiger partial charge in [0.25, 0.3) is 8.32 Å². The summed E-state index contributed by atoms with van der Waals surface area (Å²) in [5, 5.41) is 12.0. The maximum absolute atomic E-state index is 9.24. The minimum Gasteiger partial charge on any atom is -0.407 e. The van der Waals surface area contributed by atoms with Crippen molar-refractivity contribution in [3.05, 3.63) is 60.7 Å². The molecule has 0 radical (unpaired) electrons. The first-order chi connectivity index (χ1) is 12.5. The van der Waals surface area contributed by atoms with E-state index < -0.39 is 8.32 Å². The molecule has 2 atom stereocenters. The summed E-state index contributed by atoms with van der Waals surface area (Å²) in [5.74, 6) is 1.26. The number of aliphatic hydroxyl groups excluding tert-OH is 1. The van der Waals surface area contributed by atoms with Crippen LogP contribution in [0.2, 0.25) is 5.04 Å². The zero-order chi connectivity index (χ0) is 18.6. The average molecular weight is 369 g/mol. The van der Waals surface area contributed by atoms with Crippen LogP contribution < -0.4 is 10.4 Å². The van der Waals surface area contributed by atoms with Crippen LogP contribution in [0, 0.1) is 11.8 Å². The lowest BCUT2D eigenvalue weighted by atomic mass is 10.2. The van der Waals surface area contributed by atoms with Gasteiger partial charge in [0.1, 0.15) is 0 Å². The lowest BCUT2D eigenvalue weighted by Gasteiger charge is -2.43. The molecule has 0 spiro atoms. The van der Waals surface area contributed by atoms with Crippen molar-refractivity contribution in [1.29, 1.82) is 0 Å². The lowest BCUT2D eigenvalue weighted by Crippen LogP contribution is -2.66. The largest absolute Gasteiger partial charge is 0.407 e. The number of hydrogen-bond acceptors (Lipinski definition) is 2. The van der Waals surface area contributed by atoms with Crippen LogP contribution in [-0.4, -0.2) is 26.6 Å². The number of benzene rings is 2. The molecule has 0 heterocycles. The zero-order valence-corrected chi connectivity index (χ0v) is 17.3. The first kappa shape index (κ1) is 19.3. The van der Waals surface area contributed by atoms with E-state index in [9.17, 15) is 5.11 Å². The molecule has 2 aromatic carbocycles. The molecule has 3 rings (SSSR count). The molecule has 0 saturated heterocycles. The van der Waals surface area contributed by atoms with Gasteiger partial charge in [0, 0.05) is 13.2 Å². The molecular formula is C23H32O2Si. The molecule has 1 saturated carbocycles.